The van der Waals surface area contributed by atoms with Gasteiger partial charge in [-0.2, -0.15) is 10.2 Å². The number of likely N-dealkylation sites (tertiary alicyclic amines) is 1. The van der Waals surface area contributed by atoms with Gasteiger partial charge in [-0.1, -0.05) is 11.6 Å². The fourth-order valence-corrected chi connectivity index (χ4v) is 3.20. The second-order valence-corrected chi connectivity index (χ2v) is 6.96. The van der Waals surface area contributed by atoms with E-state index in [9.17, 15) is 4.79 Å². The summed E-state index contributed by atoms with van der Waals surface area (Å²) in [6, 6.07) is 2.06. The molecule has 28 heavy (non-hydrogen) atoms. The van der Waals surface area contributed by atoms with Crippen molar-refractivity contribution < 1.29 is 9.53 Å². The second kappa shape index (κ2) is 7.89. The first kappa shape index (κ1) is 18.3. The van der Waals surface area contributed by atoms with Gasteiger partial charge >= 0.3 is 6.01 Å². The number of nitrogens with zero attached hydrogens (tertiary/aromatic N) is 7. The van der Waals surface area contributed by atoms with Crippen LogP contribution in [0.4, 0.5) is 0 Å². The summed E-state index contributed by atoms with van der Waals surface area (Å²) in [6.45, 7) is 2.97. The summed E-state index contributed by atoms with van der Waals surface area (Å²) in [5, 5.41) is 8.65. The molecule has 1 fully saturated rings. The van der Waals surface area contributed by atoms with E-state index in [1.165, 1.54) is 17.2 Å². The molecule has 0 N–H and O–H groups in total. The molecule has 1 saturated heterocycles. The van der Waals surface area contributed by atoms with Crippen molar-refractivity contribution in [2.45, 2.75) is 25.9 Å². The predicted molar refractivity (Wildman–Crippen MR) is 100 cm³/mol. The minimum Gasteiger partial charge on any atom is -0.458 e. The molecule has 0 saturated carbocycles. The highest BCUT2D eigenvalue weighted by molar-refractivity contribution is 6.30. The van der Waals surface area contributed by atoms with Crippen molar-refractivity contribution in [3.8, 4) is 11.8 Å². The van der Waals surface area contributed by atoms with E-state index >= 15 is 0 Å². The molecule has 1 atom stereocenters. The average molecular weight is 400 g/mol. The van der Waals surface area contributed by atoms with Gasteiger partial charge in [-0.05, 0) is 31.4 Å². The van der Waals surface area contributed by atoms with E-state index in [2.05, 4.69) is 25.1 Å². The summed E-state index contributed by atoms with van der Waals surface area (Å²) in [5.74, 6) is 0.276. The molecule has 1 aliphatic heterocycles. The lowest BCUT2D eigenvalue weighted by molar-refractivity contribution is 0.0515. The highest BCUT2D eigenvalue weighted by Crippen LogP contribution is 2.20. The molecule has 9 nitrogen and oxygen atoms in total. The third-order valence-corrected chi connectivity index (χ3v) is 4.57. The molecule has 4 heterocycles. The van der Waals surface area contributed by atoms with Crippen LogP contribution in [0.1, 0.15) is 28.8 Å². The van der Waals surface area contributed by atoms with E-state index in [-0.39, 0.29) is 18.0 Å². The Bertz CT molecular complexity index is 963. The summed E-state index contributed by atoms with van der Waals surface area (Å²) in [6.07, 6.45) is 9.19. The molecule has 0 spiro atoms. The number of piperidine rings is 1. The SMILES string of the molecule is Cc1cnc(-n2nccn2)c(C(=O)N2CCCC(Oc3ncc(Cl)cn3)C2)c1. The molecule has 0 aromatic carbocycles. The molecule has 10 heteroatoms. The van der Waals surface area contributed by atoms with Gasteiger partial charge in [-0.15, -0.1) is 4.80 Å². The highest BCUT2D eigenvalue weighted by atomic mass is 35.5. The number of carbonyl (C=O) groups excluding carboxylic acids is 1. The molecule has 0 radical (unpaired) electrons. The average Bonchev–Trinajstić information content (AvgIpc) is 3.24. The number of pyridine rings is 1. The van der Waals surface area contributed by atoms with Crippen molar-refractivity contribution >= 4 is 17.5 Å². The molecule has 1 aliphatic rings. The number of hydrogen-bond donors (Lipinski definition) is 0. The van der Waals surface area contributed by atoms with Crippen LogP contribution in [0.3, 0.4) is 0 Å². The van der Waals surface area contributed by atoms with Crippen LogP contribution in [-0.4, -0.2) is 59.9 Å². The predicted octanol–water partition coefficient (Wildman–Crippen LogP) is 2.10. The molecule has 3 aromatic rings. The van der Waals surface area contributed by atoms with Crippen LogP contribution in [0.2, 0.25) is 5.02 Å². The Kier molecular flexibility index (Phi) is 5.16. The van der Waals surface area contributed by atoms with Gasteiger partial charge in [0.25, 0.3) is 5.91 Å². The van der Waals surface area contributed by atoms with Crippen LogP contribution in [0, 0.1) is 6.92 Å². The molecule has 0 bridgehead atoms. The minimum absolute atomic E-state index is 0.131. The maximum absolute atomic E-state index is 13.2. The van der Waals surface area contributed by atoms with Crippen molar-refractivity contribution in [3.63, 3.8) is 0 Å². The van der Waals surface area contributed by atoms with Crippen LogP contribution < -0.4 is 4.74 Å². The zero-order chi connectivity index (χ0) is 19.5. The number of carbonyl (C=O) groups is 1. The highest BCUT2D eigenvalue weighted by Gasteiger charge is 2.28. The summed E-state index contributed by atoms with van der Waals surface area (Å²) in [5.41, 5.74) is 1.35. The number of amides is 1. The van der Waals surface area contributed by atoms with E-state index in [0.717, 1.165) is 18.4 Å². The van der Waals surface area contributed by atoms with E-state index in [4.69, 9.17) is 16.3 Å². The number of aromatic nitrogens is 6. The van der Waals surface area contributed by atoms with Gasteiger partial charge in [0, 0.05) is 12.7 Å². The summed E-state index contributed by atoms with van der Waals surface area (Å²) >= 11 is 5.81. The monoisotopic (exact) mass is 399 g/mol. The molecular weight excluding hydrogens is 382 g/mol. The number of rotatable bonds is 4. The minimum atomic E-state index is -0.192. The van der Waals surface area contributed by atoms with Gasteiger partial charge in [-0.3, -0.25) is 4.79 Å². The summed E-state index contributed by atoms with van der Waals surface area (Å²) in [7, 11) is 0. The van der Waals surface area contributed by atoms with E-state index < -0.39 is 0 Å². The van der Waals surface area contributed by atoms with Gasteiger partial charge in [0.05, 0.1) is 41.9 Å². The van der Waals surface area contributed by atoms with Gasteiger partial charge < -0.3 is 9.64 Å². The number of halogens is 1. The van der Waals surface area contributed by atoms with Gasteiger partial charge in [0.15, 0.2) is 5.82 Å². The smallest absolute Gasteiger partial charge is 0.316 e. The van der Waals surface area contributed by atoms with Crippen molar-refractivity contribution in [2.75, 3.05) is 13.1 Å². The third kappa shape index (κ3) is 3.94. The second-order valence-electron chi connectivity index (χ2n) is 6.52. The van der Waals surface area contributed by atoms with Crippen molar-refractivity contribution in [1.29, 1.82) is 0 Å². The maximum Gasteiger partial charge on any atom is 0.316 e. The molecule has 144 valence electrons. The van der Waals surface area contributed by atoms with Gasteiger partial charge in [0.1, 0.15) is 6.10 Å². The molecule has 0 aliphatic carbocycles. The summed E-state index contributed by atoms with van der Waals surface area (Å²) in [4.78, 5) is 28.8. The molecule has 3 aromatic heterocycles. The number of hydrogen-bond acceptors (Lipinski definition) is 7. The van der Waals surface area contributed by atoms with Gasteiger partial charge in [-0.25, -0.2) is 15.0 Å². The quantitative estimate of drug-likeness (QED) is 0.662. The van der Waals surface area contributed by atoms with E-state index in [1.807, 2.05) is 6.92 Å². The first-order valence-corrected chi connectivity index (χ1v) is 9.25. The Hall–Kier alpha value is -3.07. The van der Waals surface area contributed by atoms with Crippen LogP contribution in [0.15, 0.2) is 37.1 Å². The van der Waals surface area contributed by atoms with E-state index in [0.29, 0.717) is 29.5 Å². The molecule has 4 rings (SSSR count). The normalized spacial score (nSPS) is 16.8. The van der Waals surface area contributed by atoms with Crippen LogP contribution in [0.5, 0.6) is 6.01 Å². The van der Waals surface area contributed by atoms with Crippen LogP contribution in [-0.2, 0) is 0 Å². The first-order valence-electron chi connectivity index (χ1n) is 8.87. The molecular formula is C18H18ClN7O2. The standard InChI is InChI=1S/C18H18ClN7O2/c1-12-7-15(16(20-8-12)26-23-4-5-24-26)17(27)25-6-2-3-14(11-25)28-18-21-9-13(19)10-22-18/h4-5,7-10,14H,2-3,6,11H2,1H3. The lowest BCUT2D eigenvalue weighted by Crippen LogP contribution is -2.45. The molecule has 1 unspecified atom stereocenters. The molecule has 1 amide bonds. The lowest BCUT2D eigenvalue weighted by Gasteiger charge is -2.32. The maximum atomic E-state index is 13.2. The fraction of sp³-hybridized carbons (Fsp3) is 0.333. The summed E-state index contributed by atoms with van der Waals surface area (Å²) < 4.78 is 5.83. The number of aryl methyl sites for hydroxylation is 1. The zero-order valence-corrected chi connectivity index (χ0v) is 16.0. The Morgan fingerprint density at radius 3 is 2.68 bits per heavy atom. The van der Waals surface area contributed by atoms with Gasteiger partial charge in [0.2, 0.25) is 0 Å². The largest absolute Gasteiger partial charge is 0.458 e. The topological polar surface area (TPSA) is 98.9 Å². The Balaban J connectivity index is 1.53. The third-order valence-electron chi connectivity index (χ3n) is 4.38. The van der Waals surface area contributed by atoms with Crippen LogP contribution >= 0.6 is 11.6 Å². The Morgan fingerprint density at radius 2 is 1.93 bits per heavy atom. The van der Waals surface area contributed by atoms with Crippen LogP contribution in [0.25, 0.3) is 5.82 Å². The first-order chi connectivity index (χ1) is 13.6. The van der Waals surface area contributed by atoms with Crippen molar-refractivity contribution in [3.05, 3.63) is 53.2 Å². The zero-order valence-electron chi connectivity index (χ0n) is 15.2. The fourth-order valence-electron chi connectivity index (χ4n) is 3.10. The Morgan fingerprint density at radius 1 is 1.18 bits per heavy atom. The van der Waals surface area contributed by atoms with Crippen molar-refractivity contribution in [1.82, 2.24) is 34.8 Å². The lowest BCUT2D eigenvalue weighted by atomic mass is 10.1. The number of ether oxygens (including phenoxy) is 1. The van der Waals surface area contributed by atoms with E-state index in [1.54, 1.807) is 29.6 Å². The van der Waals surface area contributed by atoms with Crippen molar-refractivity contribution in [2.24, 2.45) is 0 Å². The Labute approximate surface area is 166 Å².